The van der Waals surface area contributed by atoms with Crippen LogP contribution < -0.4 is 4.74 Å². The van der Waals surface area contributed by atoms with Crippen molar-refractivity contribution in [1.29, 1.82) is 0 Å². The Bertz CT molecular complexity index is 760. The molecule has 4 heteroatoms. The fourth-order valence-electron chi connectivity index (χ4n) is 4.44. The average molecular weight is 324 g/mol. The Labute approximate surface area is 142 Å². The van der Waals surface area contributed by atoms with E-state index < -0.39 is 6.10 Å². The van der Waals surface area contributed by atoms with Crippen LogP contribution in [0.5, 0.6) is 5.75 Å². The molecule has 3 saturated heterocycles. The van der Waals surface area contributed by atoms with Gasteiger partial charge in [0.05, 0.1) is 18.7 Å². The van der Waals surface area contributed by atoms with E-state index in [2.05, 4.69) is 22.5 Å². The first-order valence-electron chi connectivity index (χ1n) is 8.68. The summed E-state index contributed by atoms with van der Waals surface area (Å²) < 4.78 is 5.35. The summed E-state index contributed by atoms with van der Waals surface area (Å²) in [5.74, 6) is 2.01. The summed E-state index contributed by atoms with van der Waals surface area (Å²) in [5, 5.41) is 12.1. The lowest BCUT2D eigenvalue weighted by molar-refractivity contribution is -0.0444. The highest BCUT2D eigenvalue weighted by Crippen LogP contribution is 2.42. The van der Waals surface area contributed by atoms with E-state index in [0.717, 1.165) is 41.7 Å². The van der Waals surface area contributed by atoms with Crippen molar-refractivity contribution in [1.82, 2.24) is 9.88 Å². The van der Waals surface area contributed by atoms with Gasteiger partial charge in [-0.3, -0.25) is 9.88 Å². The van der Waals surface area contributed by atoms with Crippen molar-refractivity contribution in [2.45, 2.75) is 25.0 Å². The lowest BCUT2D eigenvalue weighted by Crippen LogP contribution is -2.54. The maximum absolute atomic E-state index is 11.2. The molecule has 0 spiro atoms. The Balaban J connectivity index is 1.69. The number of aliphatic hydroxyl groups is 1. The number of ether oxygens (including phenoxy) is 1. The highest BCUT2D eigenvalue weighted by atomic mass is 16.5. The molecule has 0 amide bonds. The van der Waals surface area contributed by atoms with E-state index >= 15 is 0 Å². The Hall–Kier alpha value is -1.91. The molecule has 126 valence electrons. The van der Waals surface area contributed by atoms with Crippen molar-refractivity contribution in [3.8, 4) is 5.75 Å². The zero-order valence-electron chi connectivity index (χ0n) is 14.1. The number of methoxy groups -OCH3 is 1. The van der Waals surface area contributed by atoms with E-state index in [9.17, 15) is 5.11 Å². The number of fused-ring (bicyclic) bond motifs is 4. The number of nitrogens with zero attached hydrogens (tertiary/aromatic N) is 2. The fraction of sp³-hybridized carbons (Fsp3) is 0.450. The molecule has 5 atom stereocenters. The summed E-state index contributed by atoms with van der Waals surface area (Å²) in [6.45, 7) is 6.07. The quantitative estimate of drug-likeness (QED) is 0.878. The molecule has 2 bridgehead atoms. The van der Waals surface area contributed by atoms with Crippen LogP contribution in [0.15, 0.2) is 43.1 Å². The van der Waals surface area contributed by atoms with E-state index in [0.29, 0.717) is 11.8 Å². The molecule has 0 aliphatic carbocycles. The molecular weight excluding hydrogens is 300 g/mol. The van der Waals surface area contributed by atoms with Crippen LogP contribution in [0.4, 0.5) is 0 Å². The number of aromatic nitrogens is 1. The minimum Gasteiger partial charge on any atom is -0.497 e. The summed E-state index contributed by atoms with van der Waals surface area (Å²) in [6.07, 6.45) is 5.62. The lowest BCUT2D eigenvalue weighted by atomic mass is 9.73. The summed E-state index contributed by atoms with van der Waals surface area (Å²) in [7, 11) is 1.66. The van der Waals surface area contributed by atoms with Gasteiger partial charge in [0, 0.05) is 24.2 Å². The Morgan fingerprint density at radius 3 is 3.00 bits per heavy atom. The number of hydrogen-bond acceptors (Lipinski definition) is 4. The van der Waals surface area contributed by atoms with E-state index in [1.807, 2.05) is 24.3 Å². The van der Waals surface area contributed by atoms with Gasteiger partial charge in [-0.2, -0.15) is 0 Å². The molecule has 4 heterocycles. The van der Waals surface area contributed by atoms with Crippen LogP contribution in [0.1, 0.15) is 24.5 Å². The van der Waals surface area contributed by atoms with Crippen molar-refractivity contribution in [2.24, 2.45) is 11.8 Å². The first-order chi connectivity index (χ1) is 11.7. The minimum atomic E-state index is -0.504. The van der Waals surface area contributed by atoms with Gasteiger partial charge in [0.2, 0.25) is 0 Å². The van der Waals surface area contributed by atoms with E-state index in [1.54, 1.807) is 13.3 Å². The van der Waals surface area contributed by atoms with Crippen LogP contribution in [0.3, 0.4) is 0 Å². The molecule has 4 nitrogen and oxygen atoms in total. The zero-order valence-corrected chi connectivity index (χ0v) is 14.1. The van der Waals surface area contributed by atoms with Crippen molar-refractivity contribution >= 4 is 10.9 Å². The van der Waals surface area contributed by atoms with E-state index in [-0.39, 0.29) is 6.04 Å². The molecule has 3 fully saturated rings. The molecule has 24 heavy (non-hydrogen) atoms. The molecule has 1 aromatic carbocycles. The van der Waals surface area contributed by atoms with Gasteiger partial charge in [-0.15, -0.1) is 6.58 Å². The predicted octanol–water partition coefficient (Wildman–Crippen LogP) is 3.17. The maximum Gasteiger partial charge on any atom is 0.119 e. The van der Waals surface area contributed by atoms with Crippen molar-refractivity contribution in [3.05, 3.63) is 48.7 Å². The van der Waals surface area contributed by atoms with Crippen LogP contribution in [-0.2, 0) is 0 Å². The van der Waals surface area contributed by atoms with Gasteiger partial charge in [0.25, 0.3) is 0 Å². The molecule has 3 aliphatic heterocycles. The Morgan fingerprint density at radius 2 is 2.29 bits per heavy atom. The number of piperidine rings is 3. The monoisotopic (exact) mass is 324 g/mol. The standard InChI is InChI=1S/C20H24N2O2/c1-3-13-12-22-9-7-14(13)10-19(22)20(23)16-6-8-21-18-5-4-15(24-2)11-17(16)18/h3-6,8,11,13-14,19-20,23H,1,7,9-10,12H2,2H3/t13?,14-,19-,20+/m1/s1. The van der Waals surface area contributed by atoms with Crippen LogP contribution >= 0.6 is 0 Å². The number of benzene rings is 1. The Morgan fingerprint density at radius 1 is 1.42 bits per heavy atom. The largest absolute Gasteiger partial charge is 0.497 e. The second-order valence-electron chi connectivity index (χ2n) is 6.97. The summed E-state index contributed by atoms with van der Waals surface area (Å²) in [4.78, 5) is 6.86. The number of hydrogen-bond donors (Lipinski definition) is 1. The highest BCUT2D eigenvalue weighted by molar-refractivity contribution is 5.83. The summed E-state index contributed by atoms with van der Waals surface area (Å²) in [5.41, 5.74) is 1.85. The van der Waals surface area contributed by atoms with Crippen molar-refractivity contribution < 1.29 is 9.84 Å². The minimum absolute atomic E-state index is 0.178. The summed E-state index contributed by atoms with van der Waals surface area (Å²) >= 11 is 0. The SMILES string of the molecule is C=CC1CN2CC[C@@H]1C[C@@H]2[C@@H](O)c1ccnc2ccc(OC)cc12. The molecule has 1 N–H and O–H groups in total. The van der Waals surface area contributed by atoms with Gasteiger partial charge in [-0.25, -0.2) is 0 Å². The molecule has 2 unspecified atom stereocenters. The highest BCUT2D eigenvalue weighted by Gasteiger charge is 2.42. The molecule has 3 aliphatic rings. The molecule has 2 aromatic rings. The number of rotatable bonds is 4. The van der Waals surface area contributed by atoms with Crippen LogP contribution in [0.25, 0.3) is 10.9 Å². The van der Waals surface area contributed by atoms with Gasteiger partial charge < -0.3 is 9.84 Å². The zero-order chi connectivity index (χ0) is 16.7. The smallest absolute Gasteiger partial charge is 0.119 e. The second-order valence-corrected chi connectivity index (χ2v) is 6.97. The van der Waals surface area contributed by atoms with Crippen LogP contribution in [0.2, 0.25) is 0 Å². The molecule has 1 aromatic heterocycles. The van der Waals surface area contributed by atoms with Gasteiger partial charge in [0.1, 0.15) is 5.75 Å². The third-order valence-electron chi connectivity index (χ3n) is 5.82. The molecule has 0 saturated carbocycles. The number of pyridine rings is 1. The second kappa shape index (κ2) is 6.19. The third kappa shape index (κ3) is 2.50. The Kier molecular flexibility index (Phi) is 4.02. The van der Waals surface area contributed by atoms with Gasteiger partial charge >= 0.3 is 0 Å². The predicted molar refractivity (Wildman–Crippen MR) is 95.0 cm³/mol. The third-order valence-corrected chi connectivity index (χ3v) is 5.82. The van der Waals surface area contributed by atoms with Crippen LogP contribution in [0, 0.1) is 11.8 Å². The van der Waals surface area contributed by atoms with Gasteiger partial charge in [0.15, 0.2) is 0 Å². The first kappa shape index (κ1) is 15.6. The normalized spacial score (nSPS) is 30.2. The topological polar surface area (TPSA) is 45.6 Å². The molecule has 0 radical (unpaired) electrons. The lowest BCUT2D eigenvalue weighted by Gasteiger charge is -2.50. The molecular formula is C20H24N2O2. The van der Waals surface area contributed by atoms with Crippen molar-refractivity contribution in [2.75, 3.05) is 20.2 Å². The van der Waals surface area contributed by atoms with E-state index in [1.165, 1.54) is 6.42 Å². The van der Waals surface area contributed by atoms with Gasteiger partial charge in [-0.1, -0.05) is 6.08 Å². The first-order valence-corrected chi connectivity index (χ1v) is 8.68. The number of aliphatic hydroxyl groups excluding tert-OH is 1. The van der Waals surface area contributed by atoms with E-state index in [4.69, 9.17) is 4.74 Å². The fourth-order valence-corrected chi connectivity index (χ4v) is 4.44. The average Bonchev–Trinajstić information content (AvgIpc) is 2.66. The van der Waals surface area contributed by atoms with Crippen molar-refractivity contribution in [3.63, 3.8) is 0 Å². The van der Waals surface area contributed by atoms with Crippen LogP contribution in [-0.4, -0.2) is 41.2 Å². The maximum atomic E-state index is 11.2. The van der Waals surface area contributed by atoms with Gasteiger partial charge in [-0.05, 0) is 61.1 Å². The molecule has 5 rings (SSSR count). The summed E-state index contributed by atoms with van der Waals surface area (Å²) in [6, 6.07) is 7.96.